The van der Waals surface area contributed by atoms with Gasteiger partial charge in [0.15, 0.2) is 9.84 Å². The highest BCUT2D eigenvalue weighted by atomic mass is 79.9. The van der Waals surface area contributed by atoms with Crippen molar-refractivity contribution in [3.8, 4) is 5.75 Å². The maximum absolute atomic E-state index is 13.3. The first kappa shape index (κ1) is 15.0. The third kappa shape index (κ3) is 3.37. The van der Waals surface area contributed by atoms with Crippen molar-refractivity contribution in [2.24, 2.45) is 0 Å². The van der Waals surface area contributed by atoms with E-state index < -0.39 is 15.7 Å². The fraction of sp³-hybridized carbons (Fsp3) is 0.143. The summed E-state index contributed by atoms with van der Waals surface area (Å²) in [5, 5.41) is 0. The molecule has 0 heterocycles. The van der Waals surface area contributed by atoms with Crippen molar-refractivity contribution >= 4 is 25.8 Å². The van der Waals surface area contributed by atoms with Crippen LogP contribution in [0.5, 0.6) is 5.75 Å². The van der Waals surface area contributed by atoms with E-state index in [1.165, 1.54) is 25.3 Å². The zero-order valence-corrected chi connectivity index (χ0v) is 13.0. The molecule has 0 saturated carbocycles. The van der Waals surface area contributed by atoms with E-state index in [0.29, 0.717) is 10.0 Å². The lowest BCUT2D eigenvalue weighted by Gasteiger charge is -2.09. The minimum atomic E-state index is -3.60. The molecule has 0 N–H and O–H groups in total. The smallest absolute Gasteiger partial charge is 0.186 e. The molecule has 2 rings (SSSR count). The first-order valence-electron chi connectivity index (χ1n) is 5.73. The summed E-state index contributed by atoms with van der Waals surface area (Å²) < 4.78 is 43.6. The van der Waals surface area contributed by atoms with Crippen molar-refractivity contribution in [3.63, 3.8) is 0 Å². The van der Waals surface area contributed by atoms with E-state index in [0.717, 1.165) is 0 Å². The predicted molar refractivity (Wildman–Crippen MR) is 78.0 cm³/mol. The standard InChI is InChI=1S/C14H12BrFO3S/c1-19-13-4-2-3-5-14(13)20(17,18)9-10-6-11(15)8-12(16)7-10/h2-8H,9H2,1H3. The van der Waals surface area contributed by atoms with Crippen LogP contribution in [0.3, 0.4) is 0 Å². The molecule has 0 spiro atoms. The molecule has 0 aliphatic carbocycles. The summed E-state index contributed by atoms with van der Waals surface area (Å²) in [7, 11) is -2.19. The average Bonchev–Trinajstić information content (AvgIpc) is 2.36. The summed E-state index contributed by atoms with van der Waals surface area (Å²) in [6, 6.07) is 10.4. The van der Waals surface area contributed by atoms with Crippen molar-refractivity contribution in [1.29, 1.82) is 0 Å². The van der Waals surface area contributed by atoms with Gasteiger partial charge in [0.25, 0.3) is 0 Å². The minimum Gasteiger partial charge on any atom is -0.495 e. The van der Waals surface area contributed by atoms with Gasteiger partial charge in [-0.1, -0.05) is 28.1 Å². The summed E-state index contributed by atoms with van der Waals surface area (Å²) in [4.78, 5) is 0.0999. The molecule has 0 aromatic heterocycles. The Morgan fingerprint density at radius 2 is 1.90 bits per heavy atom. The van der Waals surface area contributed by atoms with Crippen LogP contribution in [0, 0.1) is 5.82 Å². The summed E-state index contributed by atoms with van der Waals surface area (Å²) in [6.45, 7) is 0. The molecule has 0 aliphatic rings. The highest BCUT2D eigenvalue weighted by Crippen LogP contribution is 2.27. The van der Waals surface area contributed by atoms with E-state index in [1.807, 2.05) is 0 Å². The molecule has 0 amide bonds. The van der Waals surface area contributed by atoms with E-state index in [-0.39, 0.29) is 16.4 Å². The van der Waals surface area contributed by atoms with Crippen LogP contribution in [0.4, 0.5) is 4.39 Å². The van der Waals surface area contributed by atoms with Gasteiger partial charge in [-0.05, 0) is 35.9 Å². The lowest BCUT2D eigenvalue weighted by Crippen LogP contribution is -2.07. The van der Waals surface area contributed by atoms with Gasteiger partial charge in [-0.3, -0.25) is 0 Å². The quantitative estimate of drug-likeness (QED) is 0.838. The Bertz CT molecular complexity index is 709. The third-order valence-electron chi connectivity index (χ3n) is 2.68. The number of methoxy groups -OCH3 is 1. The fourth-order valence-corrected chi connectivity index (χ4v) is 3.88. The molecule has 6 heteroatoms. The van der Waals surface area contributed by atoms with Crippen LogP contribution in [0.1, 0.15) is 5.56 Å². The summed E-state index contributed by atoms with van der Waals surface area (Å²) in [5.74, 6) is -0.489. The molecule has 0 bridgehead atoms. The van der Waals surface area contributed by atoms with Gasteiger partial charge in [0, 0.05) is 4.47 Å². The normalized spacial score (nSPS) is 11.3. The maximum Gasteiger partial charge on any atom is 0.186 e. The van der Waals surface area contributed by atoms with Crippen LogP contribution in [0.25, 0.3) is 0 Å². The summed E-state index contributed by atoms with van der Waals surface area (Å²) in [6.07, 6.45) is 0. The lowest BCUT2D eigenvalue weighted by molar-refractivity contribution is 0.402. The number of sulfone groups is 1. The molecule has 2 aromatic rings. The number of hydrogen-bond donors (Lipinski definition) is 0. The summed E-state index contributed by atoms with van der Waals surface area (Å²) >= 11 is 3.15. The Balaban J connectivity index is 2.41. The van der Waals surface area contributed by atoms with Crippen LogP contribution in [0.2, 0.25) is 0 Å². The Morgan fingerprint density at radius 1 is 1.20 bits per heavy atom. The third-order valence-corrected chi connectivity index (χ3v) is 4.86. The molecule has 0 saturated heterocycles. The molecule has 0 aliphatic heterocycles. The number of ether oxygens (including phenoxy) is 1. The Morgan fingerprint density at radius 3 is 2.55 bits per heavy atom. The predicted octanol–water partition coefficient (Wildman–Crippen LogP) is 3.57. The SMILES string of the molecule is COc1ccccc1S(=O)(=O)Cc1cc(F)cc(Br)c1. The van der Waals surface area contributed by atoms with Gasteiger partial charge in [-0.2, -0.15) is 0 Å². The fourth-order valence-electron chi connectivity index (χ4n) is 1.87. The molecular weight excluding hydrogens is 347 g/mol. The zero-order valence-electron chi connectivity index (χ0n) is 10.6. The van der Waals surface area contributed by atoms with Crippen LogP contribution >= 0.6 is 15.9 Å². The molecule has 3 nitrogen and oxygen atoms in total. The lowest BCUT2D eigenvalue weighted by atomic mass is 10.2. The highest BCUT2D eigenvalue weighted by molar-refractivity contribution is 9.10. The molecule has 20 heavy (non-hydrogen) atoms. The van der Waals surface area contributed by atoms with Crippen LogP contribution in [-0.4, -0.2) is 15.5 Å². The Hall–Kier alpha value is -1.40. The van der Waals surface area contributed by atoms with Crippen molar-refractivity contribution < 1.29 is 17.5 Å². The molecule has 106 valence electrons. The second-order valence-electron chi connectivity index (χ2n) is 4.19. The van der Waals surface area contributed by atoms with Crippen LogP contribution < -0.4 is 4.74 Å². The average molecular weight is 359 g/mol. The van der Waals surface area contributed by atoms with Gasteiger partial charge in [0.05, 0.1) is 12.9 Å². The minimum absolute atomic E-state index is 0.0999. The number of hydrogen-bond acceptors (Lipinski definition) is 3. The van der Waals surface area contributed by atoms with E-state index >= 15 is 0 Å². The molecule has 0 atom stereocenters. The molecule has 2 aromatic carbocycles. The van der Waals surface area contributed by atoms with E-state index in [2.05, 4.69) is 15.9 Å². The molecule has 0 unspecified atom stereocenters. The van der Waals surface area contributed by atoms with E-state index in [9.17, 15) is 12.8 Å². The van der Waals surface area contributed by atoms with Gasteiger partial charge in [-0.25, -0.2) is 12.8 Å². The number of rotatable bonds is 4. The highest BCUT2D eigenvalue weighted by Gasteiger charge is 2.20. The van der Waals surface area contributed by atoms with Crippen molar-refractivity contribution in [1.82, 2.24) is 0 Å². The van der Waals surface area contributed by atoms with Gasteiger partial charge in [0.2, 0.25) is 0 Å². The maximum atomic E-state index is 13.3. The van der Waals surface area contributed by atoms with Crippen LogP contribution in [-0.2, 0) is 15.6 Å². The molecule has 0 radical (unpaired) electrons. The number of para-hydroxylation sites is 1. The topological polar surface area (TPSA) is 43.4 Å². The van der Waals surface area contributed by atoms with Gasteiger partial charge < -0.3 is 4.74 Å². The Labute approximate surface area is 125 Å². The first-order chi connectivity index (χ1) is 9.42. The van der Waals surface area contributed by atoms with E-state index in [1.54, 1.807) is 24.3 Å². The van der Waals surface area contributed by atoms with Gasteiger partial charge in [0.1, 0.15) is 16.5 Å². The van der Waals surface area contributed by atoms with Crippen molar-refractivity contribution in [2.45, 2.75) is 10.6 Å². The number of halogens is 2. The largest absolute Gasteiger partial charge is 0.495 e. The van der Waals surface area contributed by atoms with Gasteiger partial charge >= 0.3 is 0 Å². The van der Waals surface area contributed by atoms with Crippen LogP contribution in [0.15, 0.2) is 51.8 Å². The second kappa shape index (κ2) is 5.93. The van der Waals surface area contributed by atoms with Gasteiger partial charge in [-0.15, -0.1) is 0 Å². The van der Waals surface area contributed by atoms with Crippen molar-refractivity contribution in [2.75, 3.05) is 7.11 Å². The van der Waals surface area contributed by atoms with Crippen molar-refractivity contribution in [3.05, 3.63) is 58.3 Å². The summed E-state index contributed by atoms with van der Waals surface area (Å²) in [5.41, 5.74) is 0.378. The Kier molecular flexibility index (Phi) is 4.45. The zero-order chi connectivity index (χ0) is 14.8. The molecule has 0 fully saturated rings. The number of benzene rings is 2. The first-order valence-corrected chi connectivity index (χ1v) is 8.17. The second-order valence-corrected chi connectivity index (χ2v) is 7.06. The molecular formula is C14H12BrFO3S. The monoisotopic (exact) mass is 358 g/mol. The van der Waals surface area contributed by atoms with E-state index in [4.69, 9.17) is 4.74 Å².